The third kappa shape index (κ3) is 6.53. The van der Waals surface area contributed by atoms with E-state index in [-0.39, 0.29) is 26.3 Å². The smallest absolute Gasteiger partial charge is 0.217 e. The molecule has 0 N–H and O–H groups in total. The average Bonchev–Trinajstić information content (AvgIpc) is 1.81. The molecule has 0 saturated carbocycles. The van der Waals surface area contributed by atoms with Gasteiger partial charge in [0, 0.05) is 33.9 Å². The first kappa shape index (κ1) is 13.7. The van der Waals surface area contributed by atoms with E-state index in [2.05, 4.69) is 0 Å². The zero-order valence-corrected chi connectivity index (χ0v) is 10.4. The molecule has 0 unspecified atom stereocenters. The molecule has 0 aliphatic heterocycles. The number of hydrogen-bond acceptors (Lipinski definition) is 1. The van der Waals surface area contributed by atoms with Crippen LogP contribution in [0.15, 0.2) is 0 Å². The van der Waals surface area contributed by atoms with Crippen LogP contribution < -0.4 is 0 Å². The van der Waals surface area contributed by atoms with Gasteiger partial charge < -0.3 is 10.8 Å². The van der Waals surface area contributed by atoms with Crippen LogP contribution in [0.3, 0.4) is 0 Å². The Kier molecular flexibility index (Phi) is 8.49. The fourth-order valence-corrected chi connectivity index (χ4v) is 0.828. The van der Waals surface area contributed by atoms with Gasteiger partial charge in [-0.15, -0.1) is 6.54 Å². The van der Waals surface area contributed by atoms with Gasteiger partial charge in [0.25, 0.3) is 0 Å². The van der Waals surface area contributed by atoms with Gasteiger partial charge in [-0.2, -0.15) is 13.8 Å². The van der Waals surface area contributed by atoms with E-state index in [9.17, 15) is 4.79 Å². The van der Waals surface area contributed by atoms with Crippen molar-refractivity contribution in [3.8, 4) is 0 Å². The van der Waals surface area contributed by atoms with Crippen molar-refractivity contribution in [3.63, 3.8) is 0 Å². The summed E-state index contributed by atoms with van der Waals surface area (Å²) in [7, 11) is 0. The number of carbonyl (C=O) groups is 1. The van der Waals surface area contributed by atoms with Crippen LogP contribution in [-0.4, -0.2) is 23.9 Å². The quantitative estimate of drug-likeness (QED) is 0.719. The normalized spacial score (nSPS) is 9.18. The van der Waals surface area contributed by atoms with E-state index in [0.717, 1.165) is 13.1 Å². The number of nitrogens with zero attached hydrogens (tertiary/aromatic N) is 1. The van der Waals surface area contributed by atoms with Gasteiger partial charge >= 0.3 is 0 Å². The molecule has 2 nitrogen and oxygen atoms in total. The van der Waals surface area contributed by atoms with E-state index in [1.165, 1.54) is 5.92 Å². The molecule has 0 spiro atoms. The van der Waals surface area contributed by atoms with E-state index in [1.54, 1.807) is 6.92 Å². The van der Waals surface area contributed by atoms with Crippen molar-refractivity contribution in [2.75, 3.05) is 13.1 Å². The monoisotopic (exact) mass is 329 g/mol. The van der Waals surface area contributed by atoms with Gasteiger partial charge in [0.15, 0.2) is 0 Å². The van der Waals surface area contributed by atoms with Crippen LogP contribution >= 0.6 is 0 Å². The topological polar surface area (TPSA) is 20.3 Å². The maximum atomic E-state index is 10.8. The second kappa shape index (κ2) is 6.82. The van der Waals surface area contributed by atoms with Gasteiger partial charge in [-0.1, -0.05) is 0 Å². The second-order valence-electron chi connectivity index (χ2n) is 2.74. The van der Waals surface area contributed by atoms with Crippen molar-refractivity contribution in [1.29, 1.82) is 0 Å². The maximum Gasteiger partial charge on any atom is 0.217 e. The van der Waals surface area contributed by atoms with Gasteiger partial charge in [0.05, 0.1) is 0 Å². The summed E-state index contributed by atoms with van der Waals surface area (Å²) in [6, 6.07) is 0. The predicted octanol–water partition coefficient (Wildman–Crippen LogP) is 1.47. The minimum atomic E-state index is 0. The fraction of sp³-hybridized carbons (Fsp3) is 0.750. The minimum Gasteiger partial charge on any atom is -0.373 e. The van der Waals surface area contributed by atoms with Gasteiger partial charge in [-0.05, 0) is 6.92 Å². The van der Waals surface area contributed by atoms with Gasteiger partial charge in [-0.3, -0.25) is 4.79 Å². The Balaban J connectivity index is 0. The molecule has 0 rings (SSSR count). The molecule has 0 aromatic carbocycles. The zero-order valence-electron chi connectivity index (χ0n) is 7.65. The molecule has 11 heavy (non-hydrogen) atoms. The Bertz CT molecular complexity index is 115. The van der Waals surface area contributed by atoms with Crippen molar-refractivity contribution in [1.82, 2.24) is 4.90 Å². The zero-order chi connectivity index (χ0) is 8.15. The van der Waals surface area contributed by atoms with E-state index < -0.39 is 0 Å². The first-order chi connectivity index (χ1) is 4.57. The summed E-state index contributed by atoms with van der Waals surface area (Å²) >= 11 is 0. The second-order valence-corrected chi connectivity index (χ2v) is 2.74. The van der Waals surface area contributed by atoms with Gasteiger partial charge in [0.1, 0.15) is 0 Å². The fourth-order valence-electron chi connectivity index (χ4n) is 0.828. The standard InChI is InChI=1S/C8H16NO.Re/c1-5-9(8(4)10)6-7(2)3;/h5-6H2,1-4H3;/q-1;. The summed E-state index contributed by atoms with van der Waals surface area (Å²) in [5.41, 5.74) is 0. The Morgan fingerprint density at radius 3 is 2.00 bits per heavy atom. The van der Waals surface area contributed by atoms with Gasteiger partial charge in [0.2, 0.25) is 5.91 Å². The number of amides is 1. The van der Waals surface area contributed by atoms with Crippen molar-refractivity contribution in [2.45, 2.75) is 27.7 Å². The molecule has 0 aliphatic carbocycles. The summed E-state index contributed by atoms with van der Waals surface area (Å²) < 4.78 is 0. The first-order valence-electron chi connectivity index (χ1n) is 3.62. The van der Waals surface area contributed by atoms with E-state index in [4.69, 9.17) is 0 Å². The molecule has 67 valence electrons. The molecule has 0 atom stereocenters. The van der Waals surface area contributed by atoms with Crippen LogP contribution in [0.25, 0.3) is 0 Å². The predicted molar refractivity (Wildman–Crippen MR) is 42.5 cm³/mol. The SMILES string of the molecule is CCN(C[C-](C)C)C(C)=O.[Re]. The molecule has 0 aliphatic rings. The number of carbonyl (C=O) groups excluding carboxylic acids is 1. The third-order valence-corrected chi connectivity index (χ3v) is 1.33. The minimum absolute atomic E-state index is 0. The molecule has 0 heterocycles. The number of hydrogen-bond donors (Lipinski definition) is 0. The molecular weight excluding hydrogens is 312 g/mol. The summed E-state index contributed by atoms with van der Waals surface area (Å²) in [6.45, 7) is 9.26. The summed E-state index contributed by atoms with van der Waals surface area (Å²) in [5.74, 6) is 1.43. The molecule has 1 radical (unpaired) electrons. The van der Waals surface area contributed by atoms with Crippen LogP contribution in [0.4, 0.5) is 0 Å². The largest absolute Gasteiger partial charge is 0.373 e. The summed E-state index contributed by atoms with van der Waals surface area (Å²) in [5, 5.41) is 0. The molecule has 0 aromatic heterocycles. The molecular formula is C8H16NORe-. The van der Waals surface area contributed by atoms with Crippen LogP contribution in [0, 0.1) is 5.92 Å². The number of rotatable bonds is 3. The Hall–Kier alpha value is 0.132. The van der Waals surface area contributed by atoms with Crippen molar-refractivity contribution in [3.05, 3.63) is 5.92 Å². The summed E-state index contributed by atoms with van der Waals surface area (Å²) in [4.78, 5) is 12.6. The van der Waals surface area contributed by atoms with E-state index in [0.29, 0.717) is 0 Å². The van der Waals surface area contributed by atoms with Gasteiger partial charge in [-0.25, -0.2) is 0 Å². The van der Waals surface area contributed by atoms with Crippen LogP contribution in [0.5, 0.6) is 0 Å². The first-order valence-corrected chi connectivity index (χ1v) is 3.62. The van der Waals surface area contributed by atoms with E-state index >= 15 is 0 Å². The Morgan fingerprint density at radius 2 is 1.91 bits per heavy atom. The summed E-state index contributed by atoms with van der Waals surface area (Å²) in [6.07, 6.45) is 0. The molecule has 0 aromatic rings. The molecule has 1 amide bonds. The molecule has 3 heteroatoms. The molecule has 0 bridgehead atoms. The average molecular weight is 328 g/mol. The Labute approximate surface area is 83.0 Å². The molecule has 0 saturated heterocycles. The third-order valence-electron chi connectivity index (χ3n) is 1.33. The van der Waals surface area contributed by atoms with Crippen molar-refractivity contribution in [2.24, 2.45) is 0 Å². The van der Waals surface area contributed by atoms with Crippen molar-refractivity contribution < 1.29 is 25.2 Å². The van der Waals surface area contributed by atoms with Crippen molar-refractivity contribution >= 4 is 5.91 Å². The van der Waals surface area contributed by atoms with Crippen LogP contribution in [0.2, 0.25) is 0 Å². The van der Waals surface area contributed by atoms with Crippen LogP contribution in [-0.2, 0) is 25.2 Å². The maximum absolute atomic E-state index is 10.8. The van der Waals surface area contributed by atoms with E-state index in [1.807, 2.05) is 25.7 Å². The van der Waals surface area contributed by atoms with Crippen LogP contribution in [0.1, 0.15) is 27.7 Å². The Morgan fingerprint density at radius 1 is 1.45 bits per heavy atom. The molecule has 0 fully saturated rings.